The normalized spacial score (nSPS) is 22.2. The topological polar surface area (TPSA) is 12.0 Å². The highest BCUT2D eigenvalue weighted by molar-refractivity contribution is 5.37. The first-order valence-corrected chi connectivity index (χ1v) is 8.06. The molecule has 2 unspecified atom stereocenters. The Bertz CT molecular complexity index is 568. The molecule has 0 spiro atoms. The van der Waals surface area contributed by atoms with E-state index in [4.69, 9.17) is 0 Å². The van der Waals surface area contributed by atoms with Crippen LogP contribution in [0.25, 0.3) is 0 Å². The van der Waals surface area contributed by atoms with Crippen molar-refractivity contribution in [2.75, 3.05) is 13.1 Å². The predicted molar refractivity (Wildman–Crippen MR) is 89.8 cm³/mol. The zero-order valence-corrected chi connectivity index (χ0v) is 13.1. The van der Waals surface area contributed by atoms with E-state index >= 15 is 0 Å². The summed E-state index contributed by atoms with van der Waals surface area (Å²) in [7, 11) is 0. The van der Waals surface area contributed by atoms with Crippen LogP contribution in [-0.4, -0.2) is 13.1 Å². The molecule has 0 radical (unpaired) electrons. The van der Waals surface area contributed by atoms with Gasteiger partial charge in [-0.1, -0.05) is 48.5 Å². The first-order valence-electron chi connectivity index (χ1n) is 8.06. The molecular weight excluding hydrogens is 254 g/mol. The van der Waals surface area contributed by atoms with Crippen LogP contribution >= 0.6 is 0 Å². The first kappa shape index (κ1) is 14.3. The molecule has 0 aliphatic carbocycles. The molecule has 21 heavy (non-hydrogen) atoms. The van der Waals surface area contributed by atoms with Crippen molar-refractivity contribution in [3.8, 4) is 0 Å². The van der Waals surface area contributed by atoms with E-state index in [1.807, 2.05) is 0 Å². The lowest BCUT2D eigenvalue weighted by Gasteiger charge is -2.34. The molecule has 2 aromatic carbocycles. The van der Waals surface area contributed by atoms with Crippen LogP contribution in [0.1, 0.15) is 34.6 Å². The fraction of sp³-hybridized carbons (Fsp3) is 0.400. The van der Waals surface area contributed by atoms with Crippen molar-refractivity contribution in [3.05, 3.63) is 70.8 Å². The van der Waals surface area contributed by atoms with Crippen LogP contribution in [0.15, 0.2) is 48.5 Å². The van der Waals surface area contributed by atoms with Crippen LogP contribution < -0.4 is 5.32 Å². The third kappa shape index (κ3) is 3.19. The number of hydrogen-bond donors (Lipinski definition) is 1. The fourth-order valence-electron chi connectivity index (χ4n) is 3.85. The van der Waals surface area contributed by atoms with Gasteiger partial charge in [0.1, 0.15) is 0 Å². The number of aryl methyl sites for hydroxylation is 2. The highest BCUT2D eigenvalue weighted by atomic mass is 14.9. The van der Waals surface area contributed by atoms with Crippen LogP contribution in [0.2, 0.25) is 0 Å². The zero-order chi connectivity index (χ0) is 14.7. The third-order valence-electron chi connectivity index (χ3n) is 4.86. The summed E-state index contributed by atoms with van der Waals surface area (Å²) in [5, 5.41) is 3.59. The smallest absolute Gasteiger partial charge is 0.00115 e. The van der Waals surface area contributed by atoms with E-state index in [2.05, 4.69) is 67.7 Å². The minimum atomic E-state index is 0.688. The molecule has 1 fully saturated rings. The second-order valence-corrected chi connectivity index (χ2v) is 6.35. The molecule has 110 valence electrons. The summed E-state index contributed by atoms with van der Waals surface area (Å²) >= 11 is 0. The van der Waals surface area contributed by atoms with Gasteiger partial charge in [0.25, 0.3) is 0 Å². The predicted octanol–water partition coefficient (Wildman–Crippen LogP) is 4.24. The Morgan fingerprint density at radius 2 is 1.67 bits per heavy atom. The Labute approximate surface area is 128 Å². The Hall–Kier alpha value is -1.60. The van der Waals surface area contributed by atoms with E-state index in [-0.39, 0.29) is 0 Å². The van der Waals surface area contributed by atoms with Crippen molar-refractivity contribution in [2.24, 2.45) is 5.92 Å². The second-order valence-electron chi connectivity index (χ2n) is 6.35. The SMILES string of the molecule is Cc1cccc(C)c1C1CCNCC1Cc1ccccc1. The Morgan fingerprint density at radius 3 is 2.38 bits per heavy atom. The van der Waals surface area contributed by atoms with Gasteiger partial charge < -0.3 is 5.32 Å². The van der Waals surface area contributed by atoms with Gasteiger partial charge in [0.15, 0.2) is 0 Å². The fourth-order valence-corrected chi connectivity index (χ4v) is 3.85. The summed E-state index contributed by atoms with van der Waals surface area (Å²) in [6, 6.07) is 17.6. The zero-order valence-electron chi connectivity index (χ0n) is 13.1. The molecule has 0 saturated carbocycles. The molecule has 0 bridgehead atoms. The van der Waals surface area contributed by atoms with Gasteiger partial charge in [0, 0.05) is 0 Å². The molecule has 2 atom stereocenters. The van der Waals surface area contributed by atoms with Crippen molar-refractivity contribution in [1.29, 1.82) is 0 Å². The maximum atomic E-state index is 3.59. The number of hydrogen-bond acceptors (Lipinski definition) is 1. The summed E-state index contributed by atoms with van der Waals surface area (Å²) in [4.78, 5) is 0. The quantitative estimate of drug-likeness (QED) is 0.886. The van der Waals surface area contributed by atoms with Crippen LogP contribution in [-0.2, 0) is 6.42 Å². The van der Waals surface area contributed by atoms with Crippen molar-refractivity contribution < 1.29 is 0 Å². The highest BCUT2D eigenvalue weighted by Crippen LogP contribution is 2.36. The lowest BCUT2D eigenvalue weighted by molar-refractivity contribution is 0.322. The van der Waals surface area contributed by atoms with E-state index < -0.39 is 0 Å². The van der Waals surface area contributed by atoms with Crippen molar-refractivity contribution >= 4 is 0 Å². The average Bonchev–Trinajstić information content (AvgIpc) is 2.50. The third-order valence-corrected chi connectivity index (χ3v) is 4.86. The van der Waals surface area contributed by atoms with E-state index in [9.17, 15) is 0 Å². The number of benzene rings is 2. The summed E-state index contributed by atoms with van der Waals surface area (Å²) in [6.07, 6.45) is 2.43. The maximum Gasteiger partial charge on any atom is -0.00115 e. The molecule has 1 aliphatic heterocycles. The molecule has 1 saturated heterocycles. The molecule has 1 heteroatoms. The van der Waals surface area contributed by atoms with Gasteiger partial charge in [-0.2, -0.15) is 0 Å². The van der Waals surface area contributed by atoms with Crippen LogP contribution in [0.5, 0.6) is 0 Å². The van der Waals surface area contributed by atoms with E-state index in [1.165, 1.54) is 29.5 Å². The number of nitrogens with one attached hydrogen (secondary N) is 1. The molecule has 1 nitrogen and oxygen atoms in total. The Morgan fingerprint density at radius 1 is 0.952 bits per heavy atom. The lowest BCUT2D eigenvalue weighted by Crippen LogP contribution is -2.37. The summed E-state index contributed by atoms with van der Waals surface area (Å²) in [6.45, 7) is 6.81. The van der Waals surface area contributed by atoms with Crippen LogP contribution in [0.3, 0.4) is 0 Å². The van der Waals surface area contributed by atoms with Crippen LogP contribution in [0, 0.1) is 19.8 Å². The van der Waals surface area contributed by atoms with Gasteiger partial charge in [-0.05, 0) is 73.9 Å². The molecular formula is C20H25N. The van der Waals surface area contributed by atoms with E-state index in [1.54, 1.807) is 5.56 Å². The molecule has 1 aliphatic rings. The minimum absolute atomic E-state index is 0.688. The number of rotatable bonds is 3. The largest absolute Gasteiger partial charge is 0.316 e. The average molecular weight is 279 g/mol. The Balaban J connectivity index is 1.88. The molecule has 1 heterocycles. The molecule has 2 aromatic rings. The molecule has 1 N–H and O–H groups in total. The standard InChI is InChI=1S/C20H25N/c1-15-7-6-8-16(2)20(15)19-11-12-21-14-18(19)13-17-9-4-3-5-10-17/h3-10,18-19,21H,11-14H2,1-2H3. The van der Waals surface area contributed by atoms with Gasteiger partial charge in [-0.15, -0.1) is 0 Å². The minimum Gasteiger partial charge on any atom is -0.316 e. The summed E-state index contributed by atoms with van der Waals surface area (Å²) in [5.74, 6) is 1.38. The van der Waals surface area contributed by atoms with Crippen molar-refractivity contribution in [3.63, 3.8) is 0 Å². The van der Waals surface area contributed by atoms with Gasteiger partial charge in [-0.25, -0.2) is 0 Å². The van der Waals surface area contributed by atoms with Gasteiger partial charge in [0.05, 0.1) is 0 Å². The lowest BCUT2D eigenvalue weighted by atomic mass is 9.75. The van der Waals surface area contributed by atoms with Gasteiger partial charge >= 0.3 is 0 Å². The molecule has 3 rings (SSSR count). The number of piperidine rings is 1. The monoisotopic (exact) mass is 279 g/mol. The summed E-state index contributed by atoms with van der Waals surface area (Å²) < 4.78 is 0. The highest BCUT2D eigenvalue weighted by Gasteiger charge is 2.28. The van der Waals surface area contributed by atoms with E-state index in [0.29, 0.717) is 11.8 Å². The molecule has 0 aromatic heterocycles. The second kappa shape index (κ2) is 6.44. The molecule has 0 amide bonds. The maximum absolute atomic E-state index is 3.59. The van der Waals surface area contributed by atoms with Crippen LogP contribution in [0.4, 0.5) is 0 Å². The van der Waals surface area contributed by atoms with E-state index in [0.717, 1.165) is 13.1 Å². The van der Waals surface area contributed by atoms with Gasteiger partial charge in [-0.3, -0.25) is 0 Å². The van der Waals surface area contributed by atoms with Gasteiger partial charge in [0.2, 0.25) is 0 Å². The summed E-state index contributed by atoms with van der Waals surface area (Å²) in [5.41, 5.74) is 5.97. The van der Waals surface area contributed by atoms with Crippen molar-refractivity contribution in [1.82, 2.24) is 5.32 Å². The first-order chi connectivity index (χ1) is 10.3. The Kier molecular flexibility index (Phi) is 4.40. The van der Waals surface area contributed by atoms with Crippen molar-refractivity contribution in [2.45, 2.75) is 32.6 Å².